The third-order valence-corrected chi connectivity index (χ3v) is 11.0. The fraction of sp³-hybridized carbons (Fsp3) is 0.500. The Bertz CT molecular complexity index is 1630. The lowest BCUT2D eigenvalue weighted by Crippen LogP contribution is -2.75. The van der Waals surface area contributed by atoms with Crippen molar-refractivity contribution in [3.05, 3.63) is 69.8 Å². The number of hydrogen-bond acceptors (Lipinski definition) is 6. The number of piperidine rings is 1. The summed E-state index contributed by atoms with van der Waals surface area (Å²) < 4.78 is 7.55. The quantitative estimate of drug-likeness (QED) is 0.442. The molecule has 1 spiro atoms. The summed E-state index contributed by atoms with van der Waals surface area (Å²) in [6.45, 7) is 2.93. The second-order valence-electron chi connectivity index (χ2n) is 12.9. The Morgan fingerprint density at radius 2 is 1.85 bits per heavy atom. The van der Waals surface area contributed by atoms with E-state index in [1.807, 2.05) is 6.07 Å². The van der Waals surface area contributed by atoms with Crippen LogP contribution in [0.15, 0.2) is 47.3 Å². The number of hydrogen-bond donors (Lipinski definition) is 2. The van der Waals surface area contributed by atoms with E-state index in [9.17, 15) is 14.4 Å². The zero-order valence-corrected chi connectivity index (χ0v) is 22.7. The molecule has 8 nitrogen and oxygen atoms in total. The number of ether oxygens (including phenoxy) is 1. The summed E-state index contributed by atoms with van der Waals surface area (Å²) in [5.41, 5.74) is 3.53. The highest BCUT2D eigenvalue weighted by Crippen LogP contribution is 2.82. The molecule has 2 aromatic carbocycles. The first-order chi connectivity index (χ1) is 19.4. The molecule has 8 heteroatoms. The number of benzene rings is 2. The number of rotatable bonds is 7. The zero-order valence-electron chi connectivity index (χ0n) is 22.7. The van der Waals surface area contributed by atoms with Gasteiger partial charge in [0.15, 0.2) is 0 Å². The van der Waals surface area contributed by atoms with Crippen LogP contribution in [-0.4, -0.2) is 26.9 Å². The van der Waals surface area contributed by atoms with Gasteiger partial charge in [-0.05, 0) is 91.9 Å². The molecule has 4 aliphatic carbocycles. The topological polar surface area (TPSA) is 102 Å². The number of fused-ring (bicyclic) bond motifs is 2. The minimum atomic E-state index is -0.768. The van der Waals surface area contributed by atoms with E-state index in [0.717, 1.165) is 29.9 Å². The lowest BCUT2D eigenvalue weighted by molar-refractivity contribution is -0.207. The van der Waals surface area contributed by atoms with Crippen LogP contribution in [0, 0.1) is 30.1 Å². The first-order valence-electron chi connectivity index (χ1n) is 14.7. The van der Waals surface area contributed by atoms with Crippen LogP contribution in [0.5, 0.6) is 5.75 Å². The maximum absolute atomic E-state index is 13.6. The number of aromatic nitrogens is 2. The number of amides is 2. The lowest BCUT2D eigenvalue weighted by atomic mass is 9.35. The molecular weight excluding hydrogens is 504 g/mol. The monoisotopic (exact) mass is 538 g/mol. The van der Waals surface area contributed by atoms with Gasteiger partial charge in [0.1, 0.15) is 29.6 Å². The number of nitrogens with zero attached hydrogens (tertiary/aromatic N) is 2. The Morgan fingerprint density at radius 1 is 1.02 bits per heavy atom. The molecule has 6 unspecified atom stereocenters. The van der Waals surface area contributed by atoms with Gasteiger partial charge in [0, 0.05) is 18.5 Å². The summed E-state index contributed by atoms with van der Waals surface area (Å²) in [6, 6.07) is 13.1. The van der Waals surface area contributed by atoms with Crippen LogP contribution in [0.4, 0.5) is 0 Å². The number of carbonyl (C=O) groups is 2. The van der Waals surface area contributed by atoms with Crippen LogP contribution < -0.4 is 20.9 Å². The third kappa shape index (κ3) is 3.28. The molecule has 2 N–H and O–H groups in total. The van der Waals surface area contributed by atoms with E-state index < -0.39 is 11.9 Å². The maximum Gasteiger partial charge on any atom is 0.265 e. The standard InChI is InChI=1S/C32H34N4O4/c1-18-34-24-3-2-4-26(28(24)30(39)36(18)25-9-10-27(37)35-29(25)38)40-17-20-7-5-19(6-8-20)16-33-31-13-21-11-22-12-23(15-31)32(22,31)14-21/h2-8,21-23,25,33H,9-17H2,1H3,(H,35,37,38). The summed E-state index contributed by atoms with van der Waals surface area (Å²) in [5, 5.41) is 6.70. The molecule has 0 radical (unpaired) electrons. The largest absolute Gasteiger partial charge is 0.488 e. The predicted molar refractivity (Wildman–Crippen MR) is 148 cm³/mol. The highest BCUT2D eigenvalue weighted by Gasteiger charge is 2.80. The molecule has 2 heterocycles. The number of imide groups is 1. The van der Waals surface area contributed by atoms with Crippen LogP contribution in [0.1, 0.15) is 67.9 Å². The SMILES string of the molecule is Cc1nc2cccc(OCc3ccc(CNC45CC6CC7CC(C4)C75C6)cc3)c2c(=O)n1C1CCC(=O)NC1=O. The van der Waals surface area contributed by atoms with Crippen molar-refractivity contribution in [2.75, 3.05) is 0 Å². The normalized spacial score (nSPS) is 33.3. The molecule has 1 aliphatic heterocycles. The first-order valence-corrected chi connectivity index (χ1v) is 14.7. The Kier molecular flexibility index (Phi) is 5.16. The van der Waals surface area contributed by atoms with Crippen molar-refractivity contribution in [1.29, 1.82) is 0 Å². The van der Waals surface area contributed by atoms with Gasteiger partial charge in [-0.2, -0.15) is 0 Å². The predicted octanol–water partition coefficient (Wildman–Crippen LogP) is 3.93. The molecule has 2 bridgehead atoms. The molecule has 6 atom stereocenters. The summed E-state index contributed by atoms with van der Waals surface area (Å²) in [6.07, 6.45) is 7.62. The Balaban J connectivity index is 0.978. The fourth-order valence-electron chi connectivity index (χ4n) is 9.42. The van der Waals surface area contributed by atoms with Gasteiger partial charge in [-0.3, -0.25) is 24.3 Å². The summed E-state index contributed by atoms with van der Waals surface area (Å²) in [4.78, 5) is 42.4. The van der Waals surface area contributed by atoms with E-state index in [4.69, 9.17) is 4.74 Å². The van der Waals surface area contributed by atoms with Crippen molar-refractivity contribution >= 4 is 22.7 Å². The Hall–Kier alpha value is -3.52. The molecular formula is C32H34N4O4. The molecule has 206 valence electrons. The van der Waals surface area contributed by atoms with Gasteiger partial charge < -0.3 is 10.1 Å². The second kappa shape index (κ2) is 8.49. The van der Waals surface area contributed by atoms with Gasteiger partial charge in [0.2, 0.25) is 11.8 Å². The molecule has 3 aromatic rings. The average Bonchev–Trinajstić information content (AvgIpc) is 3.42. The van der Waals surface area contributed by atoms with E-state index in [1.54, 1.807) is 19.1 Å². The van der Waals surface area contributed by atoms with Crippen LogP contribution >= 0.6 is 0 Å². The molecule has 1 saturated heterocycles. The number of aryl methyl sites for hydroxylation is 1. The van der Waals surface area contributed by atoms with Gasteiger partial charge in [0.05, 0.1) is 5.52 Å². The van der Waals surface area contributed by atoms with Crippen LogP contribution in [0.25, 0.3) is 10.9 Å². The Morgan fingerprint density at radius 3 is 2.62 bits per heavy atom. The molecule has 4 saturated carbocycles. The van der Waals surface area contributed by atoms with Crippen molar-refractivity contribution < 1.29 is 14.3 Å². The van der Waals surface area contributed by atoms with Gasteiger partial charge in [-0.25, -0.2) is 4.98 Å². The highest BCUT2D eigenvalue weighted by atomic mass is 16.5. The maximum atomic E-state index is 13.6. The van der Waals surface area contributed by atoms with Crippen LogP contribution in [-0.2, 0) is 22.7 Å². The van der Waals surface area contributed by atoms with E-state index in [1.165, 1.54) is 42.2 Å². The van der Waals surface area contributed by atoms with Gasteiger partial charge >= 0.3 is 0 Å². The Labute approximate surface area is 232 Å². The number of carbonyl (C=O) groups excluding carboxylic acids is 2. The van der Waals surface area contributed by atoms with Crippen molar-refractivity contribution in [3.63, 3.8) is 0 Å². The van der Waals surface area contributed by atoms with Crippen LogP contribution in [0.3, 0.4) is 0 Å². The van der Waals surface area contributed by atoms with Crippen molar-refractivity contribution in [1.82, 2.24) is 20.2 Å². The van der Waals surface area contributed by atoms with Crippen molar-refractivity contribution in [2.24, 2.45) is 23.2 Å². The molecule has 8 rings (SSSR count). The minimum Gasteiger partial charge on any atom is -0.488 e. The zero-order chi connectivity index (χ0) is 27.2. The molecule has 40 heavy (non-hydrogen) atoms. The van der Waals surface area contributed by atoms with Crippen molar-refractivity contribution in [3.8, 4) is 5.75 Å². The number of nitrogens with one attached hydrogen (secondary N) is 2. The highest BCUT2D eigenvalue weighted by molar-refractivity contribution is 5.99. The summed E-state index contributed by atoms with van der Waals surface area (Å²) >= 11 is 0. The van der Waals surface area contributed by atoms with Gasteiger partial charge in [-0.1, -0.05) is 30.3 Å². The average molecular weight is 539 g/mol. The smallest absolute Gasteiger partial charge is 0.265 e. The van der Waals surface area contributed by atoms with E-state index in [-0.39, 0.29) is 24.3 Å². The van der Waals surface area contributed by atoms with Crippen LogP contribution in [0.2, 0.25) is 0 Å². The third-order valence-electron chi connectivity index (χ3n) is 11.0. The van der Waals surface area contributed by atoms with Crippen molar-refractivity contribution in [2.45, 2.75) is 76.6 Å². The van der Waals surface area contributed by atoms with E-state index >= 15 is 0 Å². The minimum absolute atomic E-state index is 0.188. The molecule has 5 fully saturated rings. The molecule has 1 aromatic heterocycles. The fourth-order valence-corrected chi connectivity index (χ4v) is 9.42. The summed E-state index contributed by atoms with van der Waals surface area (Å²) in [7, 11) is 0. The first kappa shape index (κ1) is 24.3. The van der Waals surface area contributed by atoms with Gasteiger partial charge in [0.25, 0.3) is 5.56 Å². The lowest BCUT2D eigenvalue weighted by Gasteiger charge is -2.73. The second-order valence-corrected chi connectivity index (χ2v) is 12.9. The van der Waals surface area contributed by atoms with Gasteiger partial charge in [-0.15, -0.1) is 0 Å². The molecule has 2 amide bonds. The van der Waals surface area contributed by atoms with E-state index in [0.29, 0.717) is 40.0 Å². The van der Waals surface area contributed by atoms with E-state index in [2.05, 4.69) is 39.9 Å². The molecule has 5 aliphatic rings. The summed E-state index contributed by atoms with van der Waals surface area (Å²) in [5.74, 6) is 3.00.